The van der Waals surface area contributed by atoms with Crippen molar-refractivity contribution in [3.8, 4) is 11.5 Å². The molecule has 0 aliphatic heterocycles. The molecule has 0 saturated carbocycles. The lowest BCUT2D eigenvalue weighted by Crippen LogP contribution is -2.14. The highest BCUT2D eigenvalue weighted by Crippen LogP contribution is 2.28. The first-order valence-corrected chi connectivity index (χ1v) is 8.07. The van der Waals surface area contributed by atoms with Gasteiger partial charge in [0.2, 0.25) is 0 Å². The number of methoxy groups -OCH3 is 1. The Kier molecular flexibility index (Phi) is 5.98. The summed E-state index contributed by atoms with van der Waals surface area (Å²) >= 11 is 3.29. The van der Waals surface area contributed by atoms with E-state index in [-0.39, 0.29) is 6.10 Å². The summed E-state index contributed by atoms with van der Waals surface area (Å²) in [5.41, 5.74) is 0.683. The second kappa shape index (κ2) is 7.97. The fourth-order valence-electron chi connectivity index (χ4n) is 1.98. The average molecular weight is 393 g/mol. The molecule has 2 rings (SSSR count). The van der Waals surface area contributed by atoms with Gasteiger partial charge in [0.25, 0.3) is 0 Å². The third-order valence-electron chi connectivity index (χ3n) is 3.03. The lowest BCUT2D eigenvalue weighted by molar-refractivity contribution is 0.0600. The third-order valence-corrected chi connectivity index (χ3v) is 3.64. The fraction of sp³-hybridized carbons (Fsp3) is 0.222. The minimum absolute atomic E-state index is 0.0648. The maximum absolute atomic E-state index is 12.4. The number of hydrogen-bond donors (Lipinski definition) is 0. The van der Waals surface area contributed by atoms with Crippen molar-refractivity contribution in [2.45, 2.75) is 20.0 Å². The Balaban J connectivity index is 2.23. The van der Waals surface area contributed by atoms with Crippen LogP contribution in [0.2, 0.25) is 0 Å². The van der Waals surface area contributed by atoms with Crippen LogP contribution in [0, 0.1) is 0 Å². The van der Waals surface area contributed by atoms with E-state index >= 15 is 0 Å². The van der Waals surface area contributed by atoms with E-state index in [1.807, 2.05) is 13.8 Å². The molecule has 0 atom stereocenters. The Morgan fingerprint density at radius 1 is 1.00 bits per heavy atom. The second-order valence-electron chi connectivity index (χ2n) is 5.19. The van der Waals surface area contributed by atoms with Crippen molar-refractivity contribution in [1.29, 1.82) is 0 Å². The van der Waals surface area contributed by atoms with E-state index in [4.69, 9.17) is 9.47 Å². The van der Waals surface area contributed by atoms with Crippen LogP contribution in [0.25, 0.3) is 0 Å². The predicted octanol–water partition coefficient (Wildman–Crippen LogP) is 4.24. The van der Waals surface area contributed by atoms with Crippen LogP contribution in [0.3, 0.4) is 0 Å². The summed E-state index contributed by atoms with van der Waals surface area (Å²) in [4.78, 5) is 23.9. The topological polar surface area (TPSA) is 61.8 Å². The van der Waals surface area contributed by atoms with Crippen LogP contribution in [0.5, 0.6) is 11.5 Å². The summed E-state index contributed by atoms with van der Waals surface area (Å²) in [5.74, 6) is -0.256. The first-order chi connectivity index (χ1) is 11.4. The molecule has 126 valence electrons. The minimum Gasteiger partial charge on any atom is -0.490 e. The summed E-state index contributed by atoms with van der Waals surface area (Å²) in [6.07, 6.45) is -0.0648. The third kappa shape index (κ3) is 4.35. The Morgan fingerprint density at radius 2 is 1.71 bits per heavy atom. The molecule has 0 aromatic heterocycles. The molecule has 0 spiro atoms. The molecule has 24 heavy (non-hydrogen) atoms. The number of ether oxygens (including phenoxy) is 3. The monoisotopic (exact) mass is 392 g/mol. The first-order valence-electron chi connectivity index (χ1n) is 7.28. The number of hydrogen-bond acceptors (Lipinski definition) is 5. The van der Waals surface area contributed by atoms with Gasteiger partial charge in [-0.05, 0) is 60.1 Å². The van der Waals surface area contributed by atoms with Gasteiger partial charge in [-0.15, -0.1) is 0 Å². The summed E-state index contributed by atoms with van der Waals surface area (Å²) in [6, 6.07) is 11.5. The summed E-state index contributed by atoms with van der Waals surface area (Å²) < 4.78 is 16.2. The van der Waals surface area contributed by atoms with Crippen LogP contribution >= 0.6 is 15.9 Å². The zero-order chi connectivity index (χ0) is 17.7. The largest absolute Gasteiger partial charge is 0.490 e. The molecule has 5 nitrogen and oxygen atoms in total. The standard InChI is InChI=1S/C18H17BrO5/c1-11(2)23-15-7-5-4-6-13(15)18(21)24-16-9-8-12(10-14(16)19)17(20)22-3/h4-11H,1-3H3. The van der Waals surface area contributed by atoms with Gasteiger partial charge < -0.3 is 14.2 Å². The molecule has 0 fully saturated rings. The van der Waals surface area contributed by atoms with Crippen LogP contribution < -0.4 is 9.47 Å². The minimum atomic E-state index is -0.544. The number of esters is 2. The van der Waals surface area contributed by atoms with Gasteiger partial charge in [-0.3, -0.25) is 0 Å². The molecular weight excluding hydrogens is 376 g/mol. The number of benzene rings is 2. The molecule has 2 aromatic rings. The smallest absolute Gasteiger partial charge is 0.347 e. The van der Waals surface area contributed by atoms with Gasteiger partial charge in [-0.2, -0.15) is 0 Å². The van der Waals surface area contributed by atoms with Crippen molar-refractivity contribution < 1.29 is 23.8 Å². The van der Waals surface area contributed by atoms with Gasteiger partial charge in [0.15, 0.2) is 0 Å². The van der Waals surface area contributed by atoms with Crippen LogP contribution in [0.4, 0.5) is 0 Å². The second-order valence-corrected chi connectivity index (χ2v) is 6.04. The Bertz CT molecular complexity index is 755. The average Bonchev–Trinajstić information content (AvgIpc) is 2.55. The van der Waals surface area contributed by atoms with E-state index < -0.39 is 11.9 Å². The van der Waals surface area contributed by atoms with Gasteiger partial charge in [0, 0.05) is 0 Å². The zero-order valence-electron chi connectivity index (χ0n) is 13.5. The van der Waals surface area contributed by atoms with Gasteiger partial charge in [-0.25, -0.2) is 9.59 Å². The van der Waals surface area contributed by atoms with Crippen LogP contribution in [-0.2, 0) is 4.74 Å². The molecule has 0 radical (unpaired) electrons. The molecule has 0 aliphatic rings. The first kappa shape index (κ1) is 18.0. The number of halogens is 1. The van der Waals surface area contributed by atoms with Crippen LogP contribution in [0.15, 0.2) is 46.9 Å². The predicted molar refractivity (Wildman–Crippen MR) is 92.6 cm³/mol. The number of carbonyl (C=O) groups excluding carboxylic acids is 2. The highest BCUT2D eigenvalue weighted by molar-refractivity contribution is 9.10. The normalized spacial score (nSPS) is 10.4. The molecule has 0 bridgehead atoms. The summed E-state index contributed by atoms with van der Waals surface area (Å²) in [5, 5.41) is 0. The fourth-order valence-corrected chi connectivity index (χ4v) is 2.43. The van der Waals surface area contributed by atoms with Crippen molar-refractivity contribution in [2.75, 3.05) is 7.11 Å². The number of carbonyl (C=O) groups is 2. The van der Waals surface area contributed by atoms with E-state index in [2.05, 4.69) is 20.7 Å². The van der Waals surface area contributed by atoms with E-state index in [1.165, 1.54) is 25.3 Å². The van der Waals surface area contributed by atoms with Crippen molar-refractivity contribution >= 4 is 27.9 Å². The maximum atomic E-state index is 12.4. The van der Waals surface area contributed by atoms with E-state index in [0.29, 0.717) is 27.1 Å². The summed E-state index contributed by atoms with van der Waals surface area (Å²) in [7, 11) is 1.30. The Hall–Kier alpha value is -2.34. The van der Waals surface area contributed by atoms with Crippen LogP contribution in [0.1, 0.15) is 34.6 Å². The SMILES string of the molecule is COC(=O)c1ccc(OC(=O)c2ccccc2OC(C)C)c(Br)c1. The molecule has 0 heterocycles. The summed E-state index contributed by atoms with van der Waals surface area (Å²) in [6.45, 7) is 3.76. The lowest BCUT2D eigenvalue weighted by atomic mass is 10.2. The van der Waals surface area contributed by atoms with Crippen LogP contribution in [-0.4, -0.2) is 25.2 Å². The van der Waals surface area contributed by atoms with E-state index in [0.717, 1.165) is 0 Å². The van der Waals surface area contributed by atoms with Gasteiger partial charge >= 0.3 is 11.9 Å². The van der Waals surface area contributed by atoms with Crippen molar-refractivity contribution in [1.82, 2.24) is 0 Å². The molecule has 6 heteroatoms. The highest BCUT2D eigenvalue weighted by atomic mass is 79.9. The molecule has 0 amide bonds. The Morgan fingerprint density at radius 3 is 2.33 bits per heavy atom. The number of rotatable bonds is 5. The van der Waals surface area contributed by atoms with E-state index in [9.17, 15) is 9.59 Å². The van der Waals surface area contributed by atoms with Crippen molar-refractivity contribution in [3.05, 3.63) is 58.1 Å². The zero-order valence-corrected chi connectivity index (χ0v) is 15.1. The maximum Gasteiger partial charge on any atom is 0.347 e. The molecule has 0 aliphatic carbocycles. The quantitative estimate of drug-likeness (QED) is 0.562. The molecule has 2 aromatic carbocycles. The van der Waals surface area contributed by atoms with Crippen molar-refractivity contribution in [2.24, 2.45) is 0 Å². The molecule has 0 N–H and O–H groups in total. The Labute approximate surface area is 148 Å². The van der Waals surface area contributed by atoms with Gasteiger partial charge in [-0.1, -0.05) is 12.1 Å². The van der Waals surface area contributed by atoms with Gasteiger partial charge in [0.05, 0.1) is 23.2 Å². The molecule has 0 saturated heterocycles. The molecular formula is C18H17BrO5. The van der Waals surface area contributed by atoms with Gasteiger partial charge in [0.1, 0.15) is 17.1 Å². The lowest BCUT2D eigenvalue weighted by Gasteiger charge is -2.14. The highest BCUT2D eigenvalue weighted by Gasteiger charge is 2.17. The van der Waals surface area contributed by atoms with E-state index in [1.54, 1.807) is 24.3 Å². The van der Waals surface area contributed by atoms with Crippen molar-refractivity contribution in [3.63, 3.8) is 0 Å². The number of para-hydroxylation sites is 1. The molecule has 0 unspecified atom stereocenters.